The molecule has 2 nitrogen and oxygen atoms in total. The molecule has 2 heteroatoms. The third-order valence-corrected chi connectivity index (χ3v) is 4.24. The van der Waals surface area contributed by atoms with Gasteiger partial charge in [-0.3, -0.25) is 0 Å². The molecule has 0 heterocycles. The molecular formula is C15H21NO. The van der Waals surface area contributed by atoms with Crippen LogP contribution < -0.4 is 5.32 Å². The van der Waals surface area contributed by atoms with Crippen molar-refractivity contribution < 1.29 is 5.11 Å². The average Bonchev–Trinajstić information content (AvgIpc) is 2.19. The SMILES string of the molecule is Cc1cccc(C2CC(NC3CC(O)C3)C2)c1. The van der Waals surface area contributed by atoms with Crippen LogP contribution in [0, 0.1) is 6.92 Å². The van der Waals surface area contributed by atoms with Gasteiger partial charge in [-0.25, -0.2) is 0 Å². The van der Waals surface area contributed by atoms with E-state index in [-0.39, 0.29) is 6.10 Å². The minimum atomic E-state index is -0.0415. The van der Waals surface area contributed by atoms with Crippen LogP contribution in [0.25, 0.3) is 0 Å². The molecule has 2 N–H and O–H groups in total. The fourth-order valence-corrected chi connectivity index (χ4v) is 3.01. The molecule has 1 aromatic carbocycles. The number of aryl methyl sites for hydroxylation is 1. The molecule has 0 aliphatic heterocycles. The lowest BCUT2D eigenvalue weighted by atomic mass is 9.74. The smallest absolute Gasteiger partial charge is 0.0570 e. The maximum atomic E-state index is 9.24. The number of aliphatic hydroxyl groups excluding tert-OH is 1. The number of hydrogen-bond acceptors (Lipinski definition) is 2. The van der Waals surface area contributed by atoms with Crippen LogP contribution in [-0.2, 0) is 0 Å². The summed E-state index contributed by atoms with van der Waals surface area (Å²) in [5, 5.41) is 12.9. The summed E-state index contributed by atoms with van der Waals surface area (Å²) in [6.45, 7) is 2.16. The Morgan fingerprint density at radius 1 is 1.12 bits per heavy atom. The van der Waals surface area contributed by atoms with Crippen LogP contribution in [0.15, 0.2) is 24.3 Å². The maximum Gasteiger partial charge on any atom is 0.0570 e. The van der Waals surface area contributed by atoms with Gasteiger partial charge in [-0.05, 0) is 44.1 Å². The number of hydrogen-bond donors (Lipinski definition) is 2. The zero-order valence-corrected chi connectivity index (χ0v) is 10.4. The van der Waals surface area contributed by atoms with Crippen molar-refractivity contribution in [1.29, 1.82) is 0 Å². The number of rotatable bonds is 3. The molecule has 2 fully saturated rings. The zero-order valence-electron chi connectivity index (χ0n) is 10.4. The lowest BCUT2D eigenvalue weighted by Crippen LogP contribution is -2.52. The number of benzene rings is 1. The molecule has 3 rings (SSSR count). The topological polar surface area (TPSA) is 32.3 Å². The van der Waals surface area contributed by atoms with Crippen LogP contribution in [0.4, 0.5) is 0 Å². The van der Waals surface area contributed by atoms with Crippen molar-refractivity contribution in [3.63, 3.8) is 0 Å². The van der Waals surface area contributed by atoms with E-state index in [1.54, 1.807) is 0 Å². The van der Waals surface area contributed by atoms with Gasteiger partial charge in [0.2, 0.25) is 0 Å². The van der Waals surface area contributed by atoms with Gasteiger partial charge < -0.3 is 10.4 Å². The molecule has 0 unspecified atom stereocenters. The van der Waals surface area contributed by atoms with E-state index < -0.39 is 0 Å². The second kappa shape index (κ2) is 4.43. The third-order valence-electron chi connectivity index (χ3n) is 4.24. The lowest BCUT2D eigenvalue weighted by molar-refractivity contribution is 0.0506. The molecule has 0 bridgehead atoms. The average molecular weight is 231 g/mol. The molecule has 0 radical (unpaired) electrons. The highest BCUT2D eigenvalue weighted by Crippen LogP contribution is 2.38. The molecule has 0 amide bonds. The summed E-state index contributed by atoms with van der Waals surface area (Å²) >= 11 is 0. The van der Waals surface area contributed by atoms with Gasteiger partial charge >= 0.3 is 0 Å². The predicted octanol–water partition coefficient (Wildman–Crippen LogP) is 2.35. The van der Waals surface area contributed by atoms with Gasteiger partial charge in [-0.2, -0.15) is 0 Å². The van der Waals surface area contributed by atoms with E-state index >= 15 is 0 Å². The molecule has 2 saturated carbocycles. The van der Waals surface area contributed by atoms with E-state index in [1.807, 2.05) is 0 Å². The second-order valence-corrected chi connectivity index (χ2v) is 5.77. The molecule has 92 valence electrons. The lowest BCUT2D eigenvalue weighted by Gasteiger charge is -2.42. The summed E-state index contributed by atoms with van der Waals surface area (Å²) in [7, 11) is 0. The standard InChI is InChI=1S/C15H21NO/c1-10-3-2-4-11(5-10)12-6-13(7-12)16-14-8-15(17)9-14/h2-5,12-17H,6-9H2,1H3. The Kier molecular flexibility index (Phi) is 2.93. The summed E-state index contributed by atoms with van der Waals surface area (Å²) in [4.78, 5) is 0. The van der Waals surface area contributed by atoms with E-state index in [2.05, 4.69) is 36.5 Å². The first-order valence-corrected chi connectivity index (χ1v) is 6.71. The fraction of sp³-hybridized carbons (Fsp3) is 0.600. The van der Waals surface area contributed by atoms with Gasteiger partial charge in [0.25, 0.3) is 0 Å². The first kappa shape index (κ1) is 11.2. The highest BCUT2D eigenvalue weighted by Gasteiger charge is 2.35. The van der Waals surface area contributed by atoms with Crippen LogP contribution in [0.1, 0.15) is 42.7 Å². The highest BCUT2D eigenvalue weighted by atomic mass is 16.3. The third kappa shape index (κ3) is 2.38. The molecule has 0 spiro atoms. The van der Waals surface area contributed by atoms with Crippen LogP contribution in [0.5, 0.6) is 0 Å². The van der Waals surface area contributed by atoms with Crippen LogP contribution in [0.2, 0.25) is 0 Å². The molecule has 2 aliphatic rings. The van der Waals surface area contributed by atoms with Gasteiger partial charge in [0, 0.05) is 12.1 Å². The Hall–Kier alpha value is -0.860. The van der Waals surface area contributed by atoms with Crippen molar-refractivity contribution >= 4 is 0 Å². The van der Waals surface area contributed by atoms with Crippen molar-refractivity contribution in [1.82, 2.24) is 5.32 Å². The van der Waals surface area contributed by atoms with E-state index in [0.29, 0.717) is 12.1 Å². The van der Waals surface area contributed by atoms with Crippen molar-refractivity contribution in [3.8, 4) is 0 Å². The molecule has 2 aliphatic carbocycles. The van der Waals surface area contributed by atoms with Crippen LogP contribution >= 0.6 is 0 Å². The van der Waals surface area contributed by atoms with Crippen LogP contribution in [0.3, 0.4) is 0 Å². The molecule has 0 saturated heterocycles. The van der Waals surface area contributed by atoms with E-state index in [4.69, 9.17) is 0 Å². The summed E-state index contributed by atoms with van der Waals surface area (Å²) in [6, 6.07) is 10.1. The summed E-state index contributed by atoms with van der Waals surface area (Å²) in [6.07, 6.45) is 4.38. The minimum Gasteiger partial charge on any atom is -0.393 e. The van der Waals surface area contributed by atoms with E-state index in [9.17, 15) is 5.11 Å². The zero-order chi connectivity index (χ0) is 11.8. The number of aliphatic hydroxyl groups is 1. The Morgan fingerprint density at radius 3 is 2.47 bits per heavy atom. The quantitative estimate of drug-likeness (QED) is 0.837. The van der Waals surface area contributed by atoms with Crippen molar-refractivity contribution in [2.45, 2.75) is 56.7 Å². The fourth-order valence-electron chi connectivity index (χ4n) is 3.01. The maximum absolute atomic E-state index is 9.24. The largest absolute Gasteiger partial charge is 0.393 e. The molecule has 1 aromatic rings. The minimum absolute atomic E-state index is 0.0415. The Morgan fingerprint density at radius 2 is 1.82 bits per heavy atom. The van der Waals surface area contributed by atoms with Gasteiger partial charge in [-0.1, -0.05) is 29.8 Å². The van der Waals surface area contributed by atoms with E-state index in [1.165, 1.54) is 24.0 Å². The predicted molar refractivity (Wildman–Crippen MR) is 69.1 cm³/mol. The first-order valence-electron chi connectivity index (χ1n) is 6.71. The van der Waals surface area contributed by atoms with Crippen molar-refractivity contribution in [2.75, 3.05) is 0 Å². The summed E-state index contributed by atoms with van der Waals surface area (Å²) in [5.74, 6) is 0.748. The molecule has 0 atom stereocenters. The normalized spacial score (nSPS) is 36.1. The monoisotopic (exact) mass is 231 g/mol. The van der Waals surface area contributed by atoms with Gasteiger partial charge in [0.1, 0.15) is 0 Å². The molecule has 17 heavy (non-hydrogen) atoms. The summed E-state index contributed by atoms with van der Waals surface area (Å²) in [5.41, 5.74) is 2.86. The Bertz CT molecular complexity index is 392. The number of nitrogens with one attached hydrogen (secondary N) is 1. The second-order valence-electron chi connectivity index (χ2n) is 5.77. The van der Waals surface area contributed by atoms with E-state index in [0.717, 1.165) is 18.8 Å². The van der Waals surface area contributed by atoms with Gasteiger partial charge in [0.15, 0.2) is 0 Å². The summed E-state index contributed by atoms with van der Waals surface area (Å²) < 4.78 is 0. The van der Waals surface area contributed by atoms with Crippen LogP contribution in [-0.4, -0.2) is 23.3 Å². The first-order chi connectivity index (χ1) is 8.20. The Labute approximate surface area is 103 Å². The van der Waals surface area contributed by atoms with Crippen molar-refractivity contribution in [2.24, 2.45) is 0 Å². The Balaban J connectivity index is 1.48. The molecule has 0 aromatic heterocycles. The highest BCUT2D eigenvalue weighted by molar-refractivity contribution is 5.27. The molecular weight excluding hydrogens is 210 g/mol. The van der Waals surface area contributed by atoms with Crippen molar-refractivity contribution in [3.05, 3.63) is 35.4 Å². The van der Waals surface area contributed by atoms with Gasteiger partial charge in [0.05, 0.1) is 6.10 Å². The van der Waals surface area contributed by atoms with Gasteiger partial charge in [-0.15, -0.1) is 0 Å².